The Bertz CT molecular complexity index is 111. The highest BCUT2D eigenvalue weighted by Gasteiger charge is 2.09. The normalized spacial score (nSPS) is 27.2. The molecule has 1 N–H and O–H groups in total. The quantitative estimate of drug-likeness (QED) is 0.522. The molecule has 0 amide bonds. The second-order valence-corrected chi connectivity index (χ2v) is 2.69. The Balaban J connectivity index is 2.37. The summed E-state index contributed by atoms with van der Waals surface area (Å²) >= 11 is 1.68. The Morgan fingerprint density at radius 3 is 2.88 bits per heavy atom. The van der Waals surface area contributed by atoms with E-state index in [-0.39, 0.29) is 0 Å². The minimum Gasteiger partial charge on any atom is -0.361 e. The fraction of sp³-hybridized carbons (Fsp3) is 0.800. The van der Waals surface area contributed by atoms with Gasteiger partial charge in [-0.2, -0.15) is 0 Å². The minimum absolute atomic E-state index is 0.553. The van der Waals surface area contributed by atoms with Gasteiger partial charge < -0.3 is 5.32 Å². The fourth-order valence-electron chi connectivity index (χ4n) is 0.645. The zero-order valence-corrected chi connectivity index (χ0v) is 5.96. The lowest BCUT2D eigenvalue weighted by atomic mass is 10.4. The van der Waals surface area contributed by atoms with Gasteiger partial charge in [-0.05, 0) is 13.2 Å². The highest BCUT2D eigenvalue weighted by Crippen LogP contribution is 2.02. The topological polar surface area (TPSA) is 24.4 Å². The maximum atomic E-state index is 4.20. The molecule has 46 valence electrons. The molecule has 1 rings (SSSR count). The highest BCUT2D eigenvalue weighted by molar-refractivity contribution is 8.13. The van der Waals surface area contributed by atoms with Crippen LogP contribution in [-0.4, -0.2) is 24.0 Å². The number of hydrogen-bond donors (Lipinski definition) is 1. The molecule has 0 aromatic carbocycles. The van der Waals surface area contributed by atoms with Crippen LogP contribution in [0.4, 0.5) is 0 Å². The molecule has 1 atom stereocenters. The van der Waals surface area contributed by atoms with Gasteiger partial charge in [-0.25, -0.2) is 0 Å². The van der Waals surface area contributed by atoms with Crippen molar-refractivity contribution < 1.29 is 0 Å². The molecule has 0 bridgehead atoms. The summed E-state index contributed by atoms with van der Waals surface area (Å²) in [5.41, 5.74) is 0. The van der Waals surface area contributed by atoms with E-state index < -0.39 is 0 Å². The lowest BCUT2D eigenvalue weighted by Crippen LogP contribution is -2.24. The second-order valence-electron chi connectivity index (χ2n) is 1.90. The fourth-order valence-corrected chi connectivity index (χ4v) is 1.17. The number of nitrogens with one attached hydrogen (secondary N) is 1. The first-order chi connectivity index (χ1) is 3.83. The van der Waals surface area contributed by atoms with E-state index in [1.54, 1.807) is 11.8 Å². The predicted octanol–water partition coefficient (Wildman–Crippen LogP) is 0.697. The zero-order chi connectivity index (χ0) is 5.98. The third-order valence-electron chi connectivity index (χ3n) is 1.07. The summed E-state index contributed by atoms with van der Waals surface area (Å²) in [6.07, 6.45) is 2.03. The number of thioether (sulfide) groups is 1. The van der Waals surface area contributed by atoms with Gasteiger partial charge in [-0.15, -0.1) is 0 Å². The zero-order valence-electron chi connectivity index (χ0n) is 5.14. The third-order valence-corrected chi connectivity index (χ3v) is 1.71. The van der Waals surface area contributed by atoms with Crippen LogP contribution in [0.25, 0.3) is 0 Å². The molecule has 1 aliphatic heterocycles. The Hall–Kier alpha value is -0.180. The van der Waals surface area contributed by atoms with Crippen LogP contribution in [0.3, 0.4) is 0 Å². The van der Waals surface area contributed by atoms with E-state index in [0.29, 0.717) is 6.04 Å². The highest BCUT2D eigenvalue weighted by atomic mass is 32.2. The van der Waals surface area contributed by atoms with Crippen LogP contribution in [0.5, 0.6) is 0 Å². The third kappa shape index (κ3) is 1.15. The monoisotopic (exact) mass is 130 g/mol. The van der Waals surface area contributed by atoms with Gasteiger partial charge in [0.15, 0.2) is 5.17 Å². The van der Waals surface area contributed by atoms with E-state index in [4.69, 9.17) is 0 Å². The van der Waals surface area contributed by atoms with Gasteiger partial charge in [0.05, 0.1) is 6.54 Å². The van der Waals surface area contributed by atoms with E-state index >= 15 is 0 Å². The van der Waals surface area contributed by atoms with Crippen molar-refractivity contribution in [3.8, 4) is 0 Å². The Morgan fingerprint density at radius 2 is 2.62 bits per heavy atom. The van der Waals surface area contributed by atoms with Crippen LogP contribution in [-0.2, 0) is 0 Å². The van der Waals surface area contributed by atoms with Gasteiger partial charge in [0.1, 0.15) is 0 Å². The molecular formula is C5H10N2S. The molecule has 0 aliphatic carbocycles. The number of hydrogen-bond acceptors (Lipinski definition) is 3. The molecule has 0 saturated carbocycles. The van der Waals surface area contributed by atoms with Crippen LogP contribution < -0.4 is 5.32 Å². The number of rotatable bonds is 0. The van der Waals surface area contributed by atoms with Crippen LogP contribution >= 0.6 is 11.8 Å². The summed E-state index contributed by atoms with van der Waals surface area (Å²) in [5, 5.41) is 4.30. The lowest BCUT2D eigenvalue weighted by molar-refractivity contribution is 0.728. The first kappa shape index (κ1) is 5.95. The van der Waals surface area contributed by atoms with Crippen molar-refractivity contribution >= 4 is 16.9 Å². The minimum atomic E-state index is 0.553. The molecule has 1 heterocycles. The molecule has 0 unspecified atom stereocenters. The molecule has 1 aliphatic rings. The van der Waals surface area contributed by atoms with Gasteiger partial charge in [0.25, 0.3) is 0 Å². The van der Waals surface area contributed by atoms with Crippen molar-refractivity contribution in [2.24, 2.45) is 4.99 Å². The van der Waals surface area contributed by atoms with E-state index in [1.807, 2.05) is 6.26 Å². The Morgan fingerprint density at radius 1 is 1.88 bits per heavy atom. The molecule has 2 nitrogen and oxygen atoms in total. The van der Waals surface area contributed by atoms with Gasteiger partial charge in [-0.3, -0.25) is 4.99 Å². The molecule has 0 aromatic heterocycles. The van der Waals surface area contributed by atoms with E-state index in [2.05, 4.69) is 17.2 Å². The molecular weight excluding hydrogens is 120 g/mol. The SMILES string of the molecule is CSC1=NC[C@@H](C)N1. The van der Waals surface area contributed by atoms with Crippen molar-refractivity contribution in [1.29, 1.82) is 0 Å². The molecule has 8 heavy (non-hydrogen) atoms. The maximum absolute atomic E-state index is 4.20. The van der Waals surface area contributed by atoms with Crippen molar-refractivity contribution in [1.82, 2.24) is 5.32 Å². The molecule has 0 aromatic rings. The second kappa shape index (κ2) is 2.40. The molecule has 0 saturated heterocycles. The standard InChI is InChI=1S/C5H10N2S/c1-4-3-6-5(7-4)8-2/h4H,3H2,1-2H3,(H,6,7)/t4-/m1/s1. The van der Waals surface area contributed by atoms with Crippen molar-refractivity contribution in [3.63, 3.8) is 0 Å². The summed E-state index contributed by atoms with van der Waals surface area (Å²) in [4.78, 5) is 4.20. The van der Waals surface area contributed by atoms with Gasteiger partial charge in [0, 0.05) is 6.04 Å². The maximum Gasteiger partial charge on any atom is 0.156 e. The smallest absolute Gasteiger partial charge is 0.156 e. The number of amidine groups is 1. The van der Waals surface area contributed by atoms with Crippen molar-refractivity contribution in [2.75, 3.05) is 12.8 Å². The van der Waals surface area contributed by atoms with E-state index in [0.717, 1.165) is 11.7 Å². The molecule has 0 fully saturated rings. The summed E-state index contributed by atoms with van der Waals surface area (Å²) in [6, 6.07) is 0.553. The Kier molecular flexibility index (Phi) is 1.78. The predicted molar refractivity (Wildman–Crippen MR) is 38.4 cm³/mol. The van der Waals surface area contributed by atoms with Crippen molar-refractivity contribution in [2.45, 2.75) is 13.0 Å². The molecule has 3 heteroatoms. The largest absolute Gasteiger partial charge is 0.361 e. The van der Waals surface area contributed by atoms with Crippen LogP contribution in [0.15, 0.2) is 4.99 Å². The molecule has 0 radical (unpaired) electrons. The van der Waals surface area contributed by atoms with E-state index in [9.17, 15) is 0 Å². The van der Waals surface area contributed by atoms with Gasteiger partial charge in [0.2, 0.25) is 0 Å². The molecule has 0 spiro atoms. The van der Waals surface area contributed by atoms with Crippen LogP contribution in [0.1, 0.15) is 6.92 Å². The first-order valence-corrected chi connectivity index (χ1v) is 3.90. The average molecular weight is 130 g/mol. The number of nitrogens with zero attached hydrogens (tertiary/aromatic N) is 1. The first-order valence-electron chi connectivity index (χ1n) is 2.68. The summed E-state index contributed by atoms with van der Waals surface area (Å²) in [6.45, 7) is 3.07. The number of aliphatic imine (C=N–C) groups is 1. The summed E-state index contributed by atoms with van der Waals surface area (Å²) in [7, 11) is 0. The summed E-state index contributed by atoms with van der Waals surface area (Å²) in [5.74, 6) is 0. The van der Waals surface area contributed by atoms with Crippen LogP contribution in [0.2, 0.25) is 0 Å². The van der Waals surface area contributed by atoms with Gasteiger partial charge >= 0.3 is 0 Å². The van der Waals surface area contributed by atoms with Gasteiger partial charge in [-0.1, -0.05) is 11.8 Å². The summed E-state index contributed by atoms with van der Waals surface area (Å²) < 4.78 is 0. The average Bonchev–Trinajstić information content (AvgIpc) is 2.14. The lowest BCUT2D eigenvalue weighted by Gasteiger charge is -2.00. The van der Waals surface area contributed by atoms with Crippen molar-refractivity contribution in [3.05, 3.63) is 0 Å². The van der Waals surface area contributed by atoms with E-state index in [1.165, 1.54) is 0 Å². The van der Waals surface area contributed by atoms with Crippen LogP contribution in [0, 0.1) is 0 Å². The Labute approximate surface area is 53.8 Å².